The van der Waals surface area contributed by atoms with Gasteiger partial charge in [0.05, 0.1) is 12.3 Å². The lowest BCUT2D eigenvalue weighted by Gasteiger charge is -2.24. The molecule has 0 atom stereocenters. The van der Waals surface area contributed by atoms with Crippen LogP contribution < -0.4 is 9.64 Å². The number of alkyl halides is 2. The second-order valence-electron chi connectivity index (χ2n) is 5.65. The summed E-state index contributed by atoms with van der Waals surface area (Å²) < 4.78 is 32.9. The zero-order valence-corrected chi connectivity index (χ0v) is 13.7. The van der Waals surface area contributed by atoms with Crippen molar-refractivity contribution in [3.63, 3.8) is 0 Å². The van der Waals surface area contributed by atoms with E-state index in [9.17, 15) is 8.78 Å². The van der Waals surface area contributed by atoms with Crippen LogP contribution in [-0.2, 0) is 0 Å². The minimum absolute atomic E-state index is 0.00626. The first-order chi connectivity index (χ1) is 11.0. The van der Waals surface area contributed by atoms with E-state index in [1.807, 2.05) is 24.3 Å². The number of rotatable bonds is 5. The summed E-state index contributed by atoms with van der Waals surface area (Å²) in [7, 11) is 0. The van der Waals surface area contributed by atoms with Crippen LogP contribution in [0.1, 0.15) is 20.3 Å². The van der Waals surface area contributed by atoms with Crippen molar-refractivity contribution in [2.24, 2.45) is 0 Å². The van der Waals surface area contributed by atoms with Crippen molar-refractivity contribution in [1.82, 2.24) is 0 Å². The van der Waals surface area contributed by atoms with Crippen molar-refractivity contribution < 1.29 is 13.5 Å². The van der Waals surface area contributed by atoms with E-state index < -0.39 is 5.92 Å². The quantitative estimate of drug-likeness (QED) is 0.709. The number of halogens is 2. The van der Waals surface area contributed by atoms with Gasteiger partial charge in [-0.1, -0.05) is 30.9 Å². The molecule has 1 aromatic carbocycles. The molecule has 0 N–H and O–H groups in total. The smallest absolute Gasteiger partial charge is 0.270 e. The summed E-state index contributed by atoms with van der Waals surface area (Å²) in [6.07, 6.45) is 5.51. The average molecular weight is 319 g/mol. The van der Waals surface area contributed by atoms with Gasteiger partial charge in [-0.25, -0.2) is 8.78 Å². The van der Waals surface area contributed by atoms with Gasteiger partial charge in [0, 0.05) is 25.6 Å². The molecule has 0 saturated heterocycles. The van der Waals surface area contributed by atoms with Gasteiger partial charge in [0.2, 0.25) is 0 Å². The van der Waals surface area contributed by atoms with E-state index in [-0.39, 0.29) is 5.57 Å². The highest BCUT2D eigenvalue weighted by Gasteiger charge is 2.25. The van der Waals surface area contributed by atoms with Crippen molar-refractivity contribution in [2.75, 3.05) is 24.6 Å². The number of ether oxygens (including phenoxy) is 1. The molecule has 1 aliphatic heterocycles. The number of nitrogens with zero attached hydrogens (tertiary/aromatic N) is 1. The molecule has 0 aliphatic carbocycles. The minimum atomic E-state index is -2.86. The van der Waals surface area contributed by atoms with Gasteiger partial charge in [-0.2, -0.15) is 0 Å². The normalized spacial score (nSPS) is 16.4. The molecule has 2 rings (SSSR count). The maximum atomic E-state index is 13.6. The Balaban J connectivity index is 2.27. The molecule has 124 valence electrons. The predicted octanol–water partition coefficient (Wildman–Crippen LogP) is 4.99. The summed E-state index contributed by atoms with van der Waals surface area (Å²) in [6, 6.07) is 7.81. The lowest BCUT2D eigenvalue weighted by atomic mass is 10.1. The van der Waals surface area contributed by atoms with E-state index in [1.165, 1.54) is 12.2 Å². The molecule has 0 radical (unpaired) electrons. The first-order valence-corrected chi connectivity index (χ1v) is 7.80. The molecule has 1 heterocycles. The van der Waals surface area contributed by atoms with Crippen LogP contribution in [0, 0.1) is 0 Å². The predicted molar refractivity (Wildman–Crippen MR) is 91.4 cm³/mol. The summed E-state index contributed by atoms with van der Waals surface area (Å²) in [5.74, 6) is -2.02. The Morgan fingerprint density at radius 3 is 2.78 bits per heavy atom. The molecular weight excluding hydrogens is 296 g/mol. The van der Waals surface area contributed by atoms with Gasteiger partial charge < -0.3 is 9.64 Å². The van der Waals surface area contributed by atoms with E-state index in [0.29, 0.717) is 13.2 Å². The zero-order valence-electron chi connectivity index (χ0n) is 13.7. The molecule has 0 spiro atoms. The Kier molecular flexibility index (Phi) is 5.59. The van der Waals surface area contributed by atoms with E-state index in [0.717, 1.165) is 36.9 Å². The number of benzene rings is 1. The topological polar surface area (TPSA) is 12.5 Å². The molecule has 0 unspecified atom stereocenters. The highest BCUT2D eigenvalue weighted by molar-refractivity contribution is 5.60. The van der Waals surface area contributed by atoms with E-state index in [2.05, 4.69) is 11.5 Å². The van der Waals surface area contributed by atoms with E-state index in [1.54, 1.807) is 13.0 Å². The third-order valence-electron chi connectivity index (χ3n) is 3.83. The monoisotopic (exact) mass is 319 g/mol. The highest BCUT2D eigenvalue weighted by atomic mass is 19.3. The van der Waals surface area contributed by atoms with Crippen molar-refractivity contribution in [2.45, 2.75) is 26.2 Å². The number of fused-ring (bicyclic) bond motifs is 1. The number of para-hydroxylation sites is 2. The molecule has 23 heavy (non-hydrogen) atoms. The van der Waals surface area contributed by atoms with Crippen molar-refractivity contribution in [3.8, 4) is 5.75 Å². The standard InChI is InChI=1S/C19H23F2NO/c1-4-15(13-16(5-2)19(3,20)21)14-22-11-8-12-23-18-10-7-6-9-17(18)22/h4-7,9-10,13H,1,8,11-12,14H2,2-3H3. The van der Waals surface area contributed by atoms with Gasteiger partial charge in [0.15, 0.2) is 0 Å². The Bertz CT molecular complexity index is 614. The van der Waals surface area contributed by atoms with Crippen molar-refractivity contribution in [3.05, 3.63) is 60.2 Å². The fourth-order valence-electron chi connectivity index (χ4n) is 2.62. The summed E-state index contributed by atoms with van der Waals surface area (Å²) in [4.78, 5) is 2.15. The molecule has 0 bridgehead atoms. The lowest BCUT2D eigenvalue weighted by Crippen LogP contribution is -2.26. The van der Waals surface area contributed by atoms with Gasteiger partial charge in [0.1, 0.15) is 5.75 Å². The second-order valence-corrected chi connectivity index (χ2v) is 5.65. The van der Waals surface area contributed by atoms with Crippen molar-refractivity contribution in [1.29, 1.82) is 0 Å². The fourth-order valence-corrected chi connectivity index (χ4v) is 2.62. The summed E-state index contributed by atoms with van der Waals surface area (Å²) >= 11 is 0. The first-order valence-electron chi connectivity index (χ1n) is 7.80. The maximum Gasteiger partial charge on any atom is 0.270 e. The molecule has 4 heteroatoms. The largest absolute Gasteiger partial charge is 0.491 e. The van der Waals surface area contributed by atoms with Crippen LogP contribution in [0.5, 0.6) is 5.75 Å². The average Bonchev–Trinajstić information content (AvgIpc) is 2.72. The Labute approximate surface area is 136 Å². The van der Waals surface area contributed by atoms with E-state index >= 15 is 0 Å². The Morgan fingerprint density at radius 2 is 2.13 bits per heavy atom. The third-order valence-corrected chi connectivity index (χ3v) is 3.83. The number of hydrogen-bond donors (Lipinski definition) is 0. The number of anilines is 1. The summed E-state index contributed by atoms with van der Waals surface area (Å²) in [5.41, 5.74) is 1.76. The Morgan fingerprint density at radius 1 is 1.39 bits per heavy atom. The number of allylic oxidation sites excluding steroid dienone is 3. The first kappa shape index (κ1) is 17.3. The van der Waals surface area contributed by atoms with Crippen LogP contribution >= 0.6 is 0 Å². The molecule has 1 aliphatic rings. The maximum absolute atomic E-state index is 13.6. The molecule has 0 aromatic heterocycles. The van der Waals surface area contributed by atoms with Crippen LogP contribution in [0.3, 0.4) is 0 Å². The zero-order chi connectivity index (χ0) is 16.9. The minimum Gasteiger partial charge on any atom is -0.491 e. The van der Waals surface area contributed by atoms with Crippen LogP contribution in [0.25, 0.3) is 0 Å². The van der Waals surface area contributed by atoms with Gasteiger partial charge in [-0.05, 0) is 37.1 Å². The van der Waals surface area contributed by atoms with Crippen LogP contribution in [0.15, 0.2) is 60.2 Å². The van der Waals surface area contributed by atoms with Crippen LogP contribution in [-0.4, -0.2) is 25.6 Å². The summed E-state index contributed by atoms with van der Waals surface area (Å²) in [5, 5.41) is 0. The van der Waals surface area contributed by atoms with E-state index in [4.69, 9.17) is 4.74 Å². The van der Waals surface area contributed by atoms with Crippen molar-refractivity contribution >= 4 is 5.69 Å². The Hall–Kier alpha value is -2.10. The van der Waals surface area contributed by atoms with Crippen LogP contribution in [0.4, 0.5) is 14.5 Å². The van der Waals surface area contributed by atoms with Crippen LogP contribution in [0.2, 0.25) is 0 Å². The fraction of sp³-hybridized carbons (Fsp3) is 0.368. The number of hydrogen-bond acceptors (Lipinski definition) is 2. The molecule has 2 nitrogen and oxygen atoms in total. The van der Waals surface area contributed by atoms with Gasteiger partial charge in [0.25, 0.3) is 5.92 Å². The van der Waals surface area contributed by atoms with Gasteiger partial charge >= 0.3 is 0 Å². The molecule has 0 amide bonds. The lowest BCUT2D eigenvalue weighted by molar-refractivity contribution is 0.0672. The molecular formula is C19H23F2NO. The molecule has 0 fully saturated rings. The highest BCUT2D eigenvalue weighted by Crippen LogP contribution is 2.31. The second kappa shape index (κ2) is 7.44. The van der Waals surface area contributed by atoms with Gasteiger partial charge in [-0.3, -0.25) is 0 Å². The molecule has 1 aromatic rings. The van der Waals surface area contributed by atoms with Gasteiger partial charge in [-0.15, -0.1) is 0 Å². The molecule has 0 saturated carbocycles. The summed E-state index contributed by atoms with van der Waals surface area (Å²) in [6.45, 7) is 8.31. The SMILES string of the molecule is C=CC(=CC(=CC)C(C)(F)F)CN1CCCOc2ccccc21. The third kappa shape index (κ3) is 4.44.